The summed E-state index contributed by atoms with van der Waals surface area (Å²) in [6, 6.07) is 11.2. The summed E-state index contributed by atoms with van der Waals surface area (Å²) in [7, 11) is 0. The highest BCUT2D eigenvalue weighted by Crippen LogP contribution is 2.25. The van der Waals surface area contributed by atoms with Crippen LogP contribution in [0.15, 0.2) is 47.4 Å². The van der Waals surface area contributed by atoms with Crippen LogP contribution in [0.3, 0.4) is 0 Å². The van der Waals surface area contributed by atoms with E-state index in [1.807, 2.05) is 30.3 Å². The maximum Gasteiger partial charge on any atom is 0.273 e. The van der Waals surface area contributed by atoms with Crippen molar-refractivity contribution in [2.45, 2.75) is 0 Å². The second kappa shape index (κ2) is 3.98. The van der Waals surface area contributed by atoms with E-state index in [-0.39, 0.29) is 5.56 Å². The first kappa shape index (κ1) is 10.5. The molecule has 0 aliphatic carbocycles. The smallest absolute Gasteiger partial charge is 0.267 e. The lowest BCUT2D eigenvalue weighted by Gasteiger charge is -1.97. The Labute approximate surface area is 106 Å². The Morgan fingerprint density at radius 1 is 1.18 bits per heavy atom. The summed E-state index contributed by atoms with van der Waals surface area (Å²) < 4.78 is 2.35. The van der Waals surface area contributed by atoms with Gasteiger partial charge in [-0.1, -0.05) is 29.8 Å². The Kier molecular flexibility index (Phi) is 2.46. The van der Waals surface area contributed by atoms with E-state index < -0.39 is 0 Å². The number of hydrogen-bond donors (Lipinski definition) is 0. The molecule has 3 aromatic rings. The largest absolute Gasteiger partial charge is 0.273 e. The molecule has 3 rings (SSSR count). The van der Waals surface area contributed by atoms with Gasteiger partial charge < -0.3 is 0 Å². The van der Waals surface area contributed by atoms with Crippen molar-refractivity contribution in [3.05, 3.63) is 58.1 Å². The topological polar surface area (TPSA) is 34.9 Å². The van der Waals surface area contributed by atoms with Gasteiger partial charge in [-0.2, -0.15) is 0 Å². The summed E-state index contributed by atoms with van der Waals surface area (Å²) >= 11 is 7.29. The second-order valence-corrected chi connectivity index (χ2v) is 4.82. The van der Waals surface area contributed by atoms with Crippen LogP contribution in [0.25, 0.3) is 15.8 Å². The summed E-state index contributed by atoms with van der Waals surface area (Å²) in [5.41, 5.74) is 0.787. The highest BCUT2D eigenvalue weighted by Gasteiger charge is 2.11. The fourth-order valence-electron chi connectivity index (χ4n) is 1.65. The van der Waals surface area contributed by atoms with Crippen LogP contribution in [0.4, 0.5) is 0 Å². The van der Waals surface area contributed by atoms with Gasteiger partial charge in [-0.3, -0.25) is 4.79 Å². The van der Waals surface area contributed by atoms with E-state index in [1.54, 1.807) is 16.2 Å². The Morgan fingerprint density at radius 2 is 1.94 bits per heavy atom. The van der Waals surface area contributed by atoms with Crippen molar-refractivity contribution in [2.75, 3.05) is 0 Å². The van der Waals surface area contributed by atoms with Crippen molar-refractivity contribution in [3.8, 4) is 5.69 Å². The Morgan fingerprint density at radius 3 is 2.65 bits per heavy atom. The van der Waals surface area contributed by atoms with Gasteiger partial charge in [0.25, 0.3) is 5.56 Å². The molecular weight excluding hydrogens is 256 g/mol. The van der Waals surface area contributed by atoms with E-state index in [1.165, 1.54) is 11.5 Å². The van der Waals surface area contributed by atoms with Gasteiger partial charge in [0.05, 0.1) is 15.8 Å². The normalized spacial score (nSPS) is 10.9. The lowest BCUT2D eigenvalue weighted by molar-refractivity contribution is 1.14. The summed E-state index contributed by atoms with van der Waals surface area (Å²) in [4.78, 5) is 16.1. The minimum Gasteiger partial charge on any atom is -0.267 e. The molecule has 2 aromatic heterocycles. The fraction of sp³-hybridized carbons (Fsp3) is 0. The molecule has 0 aliphatic heterocycles. The molecule has 0 aliphatic rings. The standard InChI is InChI=1S/C12H7ClN2OS/c13-11-10-9(6-7-14-11)12(16)15(17-10)8-4-2-1-3-5-8/h1-7H. The van der Waals surface area contributed by atoms with Crippen molar-refractivity contribution in [1.82, 2.24) is 8.94 Å². The highest BCUT2D eigenvalue weighted by molar-refractivity contribution is 7.14. The van der Waals surface area contributed by atoms with Crippen LogP contribution in [0, 0.1) is 0 Å². The van der Waals surface area contributed by atoms with Crippen molar-refractivity contribution in [3.63, 3.8) is 0 Å². The molecule has 2 heterocycles. The summed E-state index contributed by atoms with van der Waals surface area (Å²) in [6.07, 6.45) is 1.55. The first-order valence-electron chi connectivity index (χ1n) is 4.99. The minimum absolute atomic E-state index is 0.0551. The number of nitrogens with zero attached hydrogens (tertiary/aromatic N) is 2. The Bertz CT molecular complexity index is 733. The van der Waals surface area contributed by atoms with E-state index >= 15 is 0 Å². The number of fused-ring (bicyclic) bond motifs is 1. The Balaban J connectivity index is 2.37. The summed E-state index contributed by atoms with van der Waals surface area (Å²) in [5.74, 6) is 0. The lowest BCUT2D eigenvalue weighted by atomic mass is 10.3. The van der Waals surface area contributed by atoms with Crippen LogP contribution >= 0.6 is 23.1 Å². The average Bonchev–Trinajstić information content (AvgIpc) is 2.70. The zero-order valence-corrected chi connectivity index (χ0v) is 10.2. The van der Waals surface area contributed by atoms with E-state index in [9.17, 15) is 4.79 Å². The molecule has 17 heavy (non-hydrogen) atoms. The van der Waals surface area contributed by atoms with Gasteiger partial charge in [0.15, 0.2) is 0 Å². The van der Waals surface area contributed by atoms with Crippen LogP contribution < -0.4 is 5.56 Å². The number of pyridine rings is 1. The van der Waals surface area contributed by atoms with Crippen LogP contribution in [0.1, 0.15) is 0 Å². The maximum absolute atomic E-state index is 12.2. The van der Waals surface area contributed by atoms with Gasteiger partial charge in [-0.15, -0.1) is 0 Å². The monoisotopic (exact) mass is 262 g/mol. The van der Waals surface area contributed by atoms with Crippen molar-refractivity contribution < 1.29 is 0 Å². The van der Waals surface area contributed by atoms with Crippen molar-refractivity contribution >= 4 is 33.2 Å². The predicted molar refractivity (Wildman–Crippen MR) is 70.2 cm³/mol. The zero-order valence-electron chi connectivity index (χ0n) is 8.63. The molecule has 0 N–H and O–H groups in total. The van der Waals surface area contributed by atoms with Crippen LogP contribution in [-0.4, -0.2) is 8.94 Å². The third-order valence-electron chi connectivity index (χ3n) is 2.45. The molecule has 0 saturated carbocycles. The Hall–Kier alpha value is -1.65. The summed E-state index contributed by atoms with van der Waals surface area (Å²) in [5, 5.41) is 0.984. The molecule has 0 atom stereocenters. The second-order valence-electron chi connectivity index (χ2n) is 3.50. The van der Waals surface area contributed by atoms with Gasteiger partial charge in [0, 0.05) is 6.20 Å². The fourth-order valence-corrected chi connectivity index (χ4v) is 2.89. The first-order valence-corrected chi connectivity index (χ1v) is 6.14. The quantitative estimate of drug-likeness (QED) is 0.632. The minimum atomic E-state index is -0.0551. The highest BCUT2D eigenvalue weighted by atomic mass is 35.5. The third-order valence-corrected chi connectivity index (χ3v) is 4.00. The van der Waals surface area contributed by atoms with E-state index in [0.29, 0.717) is 10.5 Å². The lowest BCUT2D eigenvalue weighted by Crippen LogP contribution is -2.10. The van der Waals surface area contributed by atoms with Crippen molar-refractivity contribution in [1.29, 1.82) is 0 Å². The molecule has 0 amide bonds. The first-order chi connectivity index (χ1) is 8.27. The molecule has 0 spiro atoms. The predicted octanol–water partition coefficient (Wildman–Crippen LogP) is 3.10. The molecule has 0 bridgehead atoms. The van der Waals surface area contributed by atoms with Gasteiger partial charge in [0.2, 0.25) is 0 Å². The number of halogens is 1. The molecule has 1 aromatic carbocycles. The molecule has 84 valence electrons. The van der Waals surface area contributed by atoms with E-state index in [0.717, 1.165) is 10.4 Å². The molecule has 0 unspecified atom stereocenters. The maximum atomic E-state index is 12.2. The molecule has 0 fully saturated rings. The number of benzene rings is 1. The molecular formula is C12H7ClN2OS. The SMILES string of the molecule is O=c1c2ccnc(Cl)c2sn1-c1ccccc1. The van der Waals surface area contributed by atoms with Crippen LogP contribution in [0.2, 0.25) is 5.15 Å². The number of aromatic nitrogens is 2. The molecule has 3 nitrogen and oxygen atoms in total. The van der Waals surface area contributed by atoms with Gasteiger partial charge in [-0.05, 0) is 29.7 Å². The van der Waals surface area contributed by atoms with Crippen LogP contribution in [0.5, 0.6) is 0 Å². The van der Waals surface area contributed by atoms with Gasteiger partial charge in [-0.25, -0.2) is 8.94 Å². The zero-order chi connectivity index (χ0) is 11.8. The number of para-hydroxylation sites is 1. The average molecular weight is 263 g/mol. The molecule has 5 heteroatoms. The van der Waals surface area contributed by atoms with Crippen LogP contribution in [-0.2, 0) is 0 Å². The number of hydrogen-bond acceptors (Lipinski definition) is 3. The number of rotatable bonds is 1. The van der Waals surface area contributed by atoms with E-state index in [2.05, 4.69) is 4.98 Å². The van der Waals surface area contributed by atoms with Gasteiger partial charge >= 0.3 is 0 Å². The van der Waals surface area contributed by atoms with Gasteiger partial charge in [0.1, 0.15) is 5.15 Å². The molecule has 0 radical (unpaired) electrons. The van der Waals surface area contributed by atoms with E-state index in [4.69, 9.17) is 11.6 Å². The van der Waals surface area contributed by atoms with Crippen molar-refractivity contribution in [2.24, 2.45) is 0 Å². The molecule has 0 saturated heterocycles. The third kappa shape index (κ3) is 1.66. The summed E-state index contributed by atoms with van der Waals surface area (Å²) in [6.45, 7) is 0.